The number of phenols is 1. The number of hydrogen-bond donors (Lipinski definition) is 5. The summed E-state index contributed by atoms with van der Waals surface area (Å²) >= 11 is 0. The van der Waals surface area contributed by atoms with Gasteiger partial charge in [0, 0.05) is 19.4 Å². The normalized spacial score (nSPS) is 17.3. The molecule has 1 saturated heterocycles. The Morgan fingerprint density at radius 3 is 2.18 bits per heavy atom. The van der Waals surface area contributed by atoms with Gasteiger partial charge in [0.2, 0.25) is 17.7 Å². The number of amides is 3. The van der Waals surface area contributed by atoms with Crippen LogP contribution in [0.15, 0.2) is 54.6 Å². The fraction of sp³-hybridized carbons (Fsp3) is 0.448. The average Bonchev–Trinajstić information content (AvgIpc) is 3.39. The molecule has 3 rings (SSSR count). The van der Waals surface area contributed by atoms with Crippen molar-refractivity contribution in [1.29, 1.82) is 0 Å². The van der Waals surface area contributed by atoms with Crippen molar-refractivity contribution >= 4 is 23.7 Å². The van der Waals surface area contributed by atoms with Crippen molar-refractivity contribution in [2.24, 2.45) is 11.7 Å². The van der Waals surface area contributed by atoms with Gasteiger partial charge in [0.05, 0.1) is 6.04 Å². The molecule has 4 atom stereocenters. The van der Waals surface area contributed by atoms with E-state index in [0.29, 0.717) is 31.4 Å². The molecule has 0 radical (unpaired) electrons. The zero-order chi connectivity index (χ0) is 28.5. The molecular weight excluding hydrogens is 500 g/mol. The molecule has 210 valence electrons. The number of nitrogens with zero attached hydrogens (tertiary/aromatic N) is 1. The number of rotatable bonds is 12. The summed E-state index contributed by atoms with van der Waals surface area (Å²) in [6.45, 7) is 4.35. The molecule has 6 N–H and O–H groups in total. The Balaban J connectivity index is 1.76. The first-order valence-electron chi connectivity index (χ1n) is 13.3. The highest BCUT2D eigenvalue weighted by Crippen LogP contribution is 2.20. The lowest BCUT2D eigenvalue weighted by Crippen LogP contribution is -2.57. The maximum atomic E-state index is 13.4. The van der Waals surface area contributed by atoms with Gasteiger partial charge < -0.3 is 31.5 Å². The third-order valence-electron chi connectivity index (χ3n) is 6.79. The Bertz CT molecular complexity index is 1140. The van der Waals surface area contributed by atoms with Gasteiger partial charge >= 0.3 is 5.97 Å². The van der Waals surface area contributed by atoms with E-state index in [4.69, 9.17) is 5.73 Å². The molecule has 3 amide bonds. The van der Waals surface area contributed by atoms with Gasteiger partial charge in [-0.05, 0) is 48.4 Å². The maximum Gasteiger partial charge on any atom is 0.326 e. The lowest BCUT2D eigenvalue weighted by Gasteiger charge is -2.29. The zero-order valence-corrected chi connectivity index (χ0v) is 22.4. The molecular formula is C29H38N4O6. The monoisotopic (exact) mass is 538 g/mol. The third-order valence-corrected chi connectivity index (χ3v) is 6.79. The molecule has 0 bridgehead atoms. The second-order valence-electron chi connectivity index (χ2n) is 10.4. The fourth-order valence-electron chi connectivity index (χ4n) is 4.79. The molecule has 0 saturated carbocycles. The molecule has 0 aromatic heterocycles. The zero-order valence-electron chi connectivity index (χ0n) is 22.4. The van der Waals surface area contributed by atoms with Crippen LogP contribution in [0.4, 0.5) is 0 Å². The molecule has 10 nitrogen and oxygen atoms in total. The minimum absolute atomic E-state index is 0.00794. The molecule has 1 aliphatic heterocycles. The van der Waals surface area contributed by atoms with Crippen LogP contribution < -0.4 is 16.4 Å². The van der Waals surface area contributed by atoms with E-state index >= 15 is 0 Å². The van der Waals surface area contributed by atoms with Crippen LogP contribution in [0, 0.1) is 5.92 Å². The van der Waals surface area contributed by atoms with E-state index < -0.39 is 42.0 Å². The van der Waals surface area contributed by atoms with Crippen LogP contribution >= 0.6 is 0 Å². The van der Waals surface area contributed by atoms with E-state index in [1.807, 2.05) is 44.2 Å². The number of benzene rings is 2. The number of aliphatic carboxylic acids is 1. The van der Waals surface area contributed by atoms with Crippen molar-refractivity contribution in [1.82, 2.24) is 15.5 Å². The average molecular weight is 539 g/mol. The molecule has 0 spiro atoms. The Labute approximate surface area is 228 Å². The highest BCUT2D eigenvalue weighted by molar-refractivity contribution is 5.94. The van der Waals surface area contributed by atoms with Crippen molar-refractivity contribution in [3.8, 4) is 5.75 Å². The summed E-state index contributed by atoms with van der Waals surface area (Å²) in [5.41, 5.74) is 7.50. The molecule has 1 heterocycles. The Hall–Kier alpha value is -3.92. The van der Waals surface area contributed by atoms with E-state index in [0.717, 1.165) is 5.56 Å². The van der Waals surface area contributed by atoms with Gasteiger partial charge in [-0.3, -0.25) is 14.4 Å². The van der Waals surface area contributed by atoms with Crippen molar-refractivity contribution in [3.05, 3.63) is 65.7 Å². The second kappa shape index (κ2) is 13.7. The van der Waals surface area contributed by atoms with Crippen molar-refractivity contribution < 1.29 is 29.4 Å². The van der Waals surface area contributed by atoms with Gasteiger partial charge in [0.1, 0.15) is 23.9 Å². The van der Waals surface area contributed by atoms with Gasteiger partial charge in [-0.15, -0.1) is 0 Å². The molecule has 1 aliphatic rings. The third kappa shape index (κ3) is 8.54. The summed E-state index contributed by atoms with van der Waals surface area (Å²) in [5.74, 6) is -2.37. The lowest BCUT2D eigenvalue weighted by atomic mass is 10.0. The Morgan fingerprint density at radius 1 is 0.949 bits per heavy atom. The number of likely N-dealkylation sites (tertiary alicyclic amines) is 1. The molecule has 1 fully saturated rings. The minimum Gasteiger partial charge on any atom is -0.508 e. The first-order valence-corrected chi connectivity index (χ1v) is 13.3. The molecule has 10 heteroatoms. The van der Waals surface area contributed by atoms with E-state index in [9.17, 15) is 29.4 Å². The number of nitrogens with one attached hydrogen (secondary N) is 2. The van der Waals surface area contributed by atoms with E-state index in [2.05, 4.69) is 10.6 Å². The number of carbonyl (C=O) groups is 4. The summed E-state index contributed by atoms with van der Waals surface area (Å²) in [5, 5.41) is 24.6. The Morgan fingerprint density at radius 2 is 1.56 bits per heavy atom. The number of phenolic OH excluding ortho intramolecular Hbond substituents is 1. The largest absolute Gasteiger partial charge is 0.508 e. The first-order chi connectivity index (χ1) is 18.5. The Kier molecular flexibility index (Phi) is 10.4. The van der Waals surface area contributed by atoms with Crippen LogP contribution in [0.3, 0.4) is 0 Å². The molecule has 0 aliphatic carbocycles. The highest BCUT2D eigenvalue weighted by atomic mass is 16.4. The standard InChI is InChI=1S/C29H38N4O6/c1-18(2)15-22(30)28(37)33-14-6-9-25(33)27(36)31-23(16-19-7-4-3-5-8-19)26(35)32-24(29(38)39)17-20-10-12-21(34)13-11-20/h3-5,7-8,10-13,18,22-25,34H,6,9,14-17,30H2,1-2H3,(H,31,36)(H,32,35)(H,38,39). The van der Waals surface area contributed by atoms with Gasteiger partial charge in [-0.25, -0.2) is 4.79 Å². The first kappa shape index (κ1) is 29.6. The van der Waals surface area contributed by atoms with Crippen molar-refractivity contribution in [2.75, 3.05) is 6.54 Å². The fourth-order valence-corrected chi connectivity index (χ4v) is 4.79. The van der Waals surface area contributed by atoms with Crippen LogP contribution in [-0.2, 0) is 32.0 Å². The van der Waals surface area contributed by atoms with Gasteiger partial charge in [-0.1, -0.05) is 56.3 Å². The molecule has 39 heavy (non-hydrogen) atoms. The van der Waals surface area contributed by atoms with E-state index in [-0.39, 0.29) is 30.4 Å². The number of aromatic hydroxyl groups is 1. The van der Waals surface area contributed by atoms with Crippen LogP contribution in [0.2, 0.25) is 0 Å². The van der Waals surface area contributed by atoms with E-state index in [1.54, 1.807) is 12.1 Å². The number of carbonyl (C=O) groups excluding carboxylic acids is 3. The topological polar surface area (TPSA) is 162 Å². The van der Waals surface area contributed by atoms with Crippen LogP contribution in [0.25, 0.3) is 0 Å². The van der Waals surface area contributed by atoms with Gasteiger partial charge in [-0.2, -0.15) is 0 Å². The summed E-state index contributed by atoms with van der Waals surface area (Å²) in [6, 6.07) is 11.3. The molecule has 2 aromatic carbocycles. The van der Waals surface area contributed by atoms with Crippen LogP contribution in [0.1, 0.15) is 44.2 Å². The van der Waals surface area contributed by atoms with Crippen LogP contribution in [0.5, 0.6) is 5.75 Å². The van der Waals surface area contributed by atoms with E-state index in [1.165, 1.54) is 17.0 Å². The van der Waals surface area contributed by atoms with Crippen molar-refractivity contribution in [3.63, 3.8) is 0 Å². The van der Waals surface area contributed by atoms with Crippen LogP contribution in [-0.4, -0.2) is 69.5 Å². The van der Waals surface area contributed by atoms with Gasteiger partial charge in [0.15, 0.2) is 0 Å². The molecule has 4 unspecified atom stereocenters. The maximum absolute atomic E-state index is 13.4. The summed E-state index contributed by atoms with van der Waals surface area (Å²) < 4.78 is 0. The highest BCUT2D eigenvalue weighted by Gasteiger charge is 2.38. The predicted molar refractivity (Wildman–Crippen MR) is 146 cm³/mol. The summed E-state index contributed by atoms with van der Waals surface area (Å²) in [7, 11) is 0. The quantitative estimate of drug-likeness (QED) is 0.274. The molecule has 2 aromatic rings. The van der Waals surface area contributed by atoms with Gasteiger partial charge in [0.25, 0.3) is 0 Å². The lowest BCUT2D eigenvalue weighted by molar-refractivity contribution is -0.143. The van der Waals surface area contributed by atoms with Crippen molar-refractivity contribution in [2.45, 2.75) is 70.1 Å². The predicted octanol–water partition coefficient (Wildman–Crippen LogP) is 1.60. The number of nitrogens with two attached hydrogens (primary N) is 1. The number of carboxylic acid groups (broad SMARTS) is 1. The summed E-state index contributed by atoms with van der Waals surface area (Å²) in [4.78, 5) is 53.2. The minimum atomic E-state index is -1.25. The number of hydrogen-bond acceptors (Lipinski definition) is 6. The SMILES string of the molecule is CC(C)CC(N)C(=O)N1CCCC1C(=O)NC(Cc1ccccc1)C(=O)NC(Cc1ccc(O)cc1)C(=O)O. The number of carboxylic acids is 1. The smallest absolute Gasteiger partial charge is 0.326 e. The second-order valence-corrected chi connectivity index (χ2v) is 10.4. The summed E-state index contributed by atoms with van der Waals surface area (Å²) in [6.07, 6.45) is 1.72.